The summed E-state index contributed by atoms with van der Waals surface area (Å²) in [5.41, 5.74) is 0.216. The maximum Gasteiger partial charge on any atom is 0.408 e. The summed E-state index contributed by atoms with van der Waals surface area (Å²) in [6.45, 7) is 5.32. The molecule has 0 spiro atoms. The van der Waals surface area contributed by atoms with Crippen molar-refractivity contribution in [3.05, 3.63) is 29.3 Å². The molecule has 0 radical (unpaired) electrons. The van der Waals surface area contributed by atoms with Crippen molar-refractivity contribution < 1.29 is 19.4 Å². The molecule has 0 bridgehead atoms. The number of nitrogens with one attached hydrogen (secondary N) is 1. The van der Waals surface area contributed by atoms with Crippen LogP contribution in [0.25, 0.3) is 10.2 Å². The van der Waals surface area contributed by atoms with E-state index >= 15 is 0 Å². The molecule has 124 valence electrons. The number of rotatable bonds is 5. The summed E-state index contributed by atoms with van der Waals surface area (Å²) >= 11 is 1.44. The maximum atomic E-state index is 12.0. The second-order valence-electron chi connectivity index (χ2n) is 6.15. The van der Waals surface area contributed by atoms with Crippen LogP contribution in [0.15, 0.2) is 24.3 Å². The number of amides is 1. The Bertz CT molecular complexity index is 672. The van der Waals surface area contributed by atoms with E-state index in [1.165, 1.54) is 11.3 Å². The van der Waals surface area contributed by atoms with Crippen LogP contribution >= 0.6 is 11.3 Å². The SMILES string of the molecule is CC(C)(C)OC(=O)N[C@@H](CCC(=O)O)c1nc2ccccc2s1. The minimum Gasteiger partial charge on any atom is -0.481 e. The zero-order valence-electron chi connectivity index (χ0n) is 13.3. The van der Waals surface area contributed by atoms with Gasteiger partial charge in [0.15, 0.2) is 0 Å². The molecule has 2 rings (SSSR count). The van der Waals surface area contributed by atoms with Crippen molar-refractivity contribution in [1.29, 1.82) is 0 Å². The van der Waals surface area contributed by atoms with Crippen molar-refractivity contribution in [2.45, 2.75) is 45.3 Å². The summed E-state index contributed by atoms with van der Waals surface area (Å²) in [6, 6.07) is 7.14. The van der Waals surface area contributed by atoms with Crippen LogP contribution in [0.3, 0.4) is 0 Å². The molecule has 0 unspecified atom stereocenters. The third-order valence-electron chi connectivity index (χ3n) is 2.95. The number of carboxylic acids is 1. The first-order valence-electron chi connectivity index (χ1n) is 7.31. The lowest BCUT2D eigenvalue weighted by molar-refractivity contribution is -0.137. The second-order valence-corrected chi connectivity index (χ2v) is 7.21. The maximum absolute atomic E-state index is 12.0. The van der Waals surface area contributed by atoms with Crippen LogP contribution in [0.1, 0.15) is 44.7 Å². The van der Waals surface area contributed by atoms with E-state index in [-0.39, 0.29) is 12.8 Å². The fourth-order valence-electron chi connectivity index (χ4n) is 2.01. The largest absolute Gasteiger partial charge is 0.481 e. The molecular weight excluding hydrogens is 316 g/mol. The number of carbonyl (C=O) groups excluding carboxylic acids is 1. The predicted octanol–water partition coefficient (Wildman–Crippen LogP) is 3.73. The van der Waals surface area contributed by atoms with Gasteiger partial charge in [-0.3, -0.25) is 4.79 Å². The number of aliphatic carboxylic acids is 1. The summed E-state index contributed by atoms with van der Waals surface area (Å²) in [6.07, 6.45) is -0.378. The van der Waals surface area contributed by atoms with E-state index in [2.05, 4.69) is 10.3 Å². The second kappa shape index (κ2) is 6.95. The normalized spacial score (nSPS) is 12.8. The highest BCUT2D eigenvalue weighted by atomic mass is 32.1. The van der Waals surface area contributed by atoms with Crippen LogP contribution in [0.4, 0.5) is 4.79 Å². The number of fused-ring (bicyclic) bond motifs is 1. The quantitative estimate of drug-likeness (QED) is 0.868. The van der Waals surface area contributed by atoms with Crippen LogP contribution in [0.2, 0.25) is 0 Å². The molecule has 1 atom stereocenters. The lowest BCUT2D eigenvalue weighted by atomic mass is 10.1. The molecule has 6 nitrogen and oxygen atoms in total. The number of hydrogen-bond donors (Lipinski definition) is 2. The number of benzene rings is 1. The zero-order chi connectivity index (χ0) is 17.0. The zero-order valence-corrected chi connectivity index (χ0v) is 14.1. The van der Waals surface area contributed by atoms with E-state index in [9.17, 15) is 9.59 Å². The molecule has 0 aliphatic carbocycles. The Morgan fingerprint density at radius 3 is 2.65 bits per heavy atom. The fraction of sp³-hybridized carbons (Fsp3) is 0.438. The lowest BCUT2D eigenvalue weighted by Crippen LogP contribution is -2.35. The van der Waals surface area contributed by atoms with E-state index in [4.69, 9.17) is 9.84 Å². The number of hydrogen-bond acceptors (Lipinski definition) is 5. The monoisotopic (exact) mass is 336 g/mol. The molecule has 0 aliphatic heterocycles. The van der Waals surface area contributed by atoms with E-state index in [0.29, 0.717) is 5.01 Å². The Labute approximate surface area is 138 Å². The number of carboxylic acid groups (broad SMARTS) is 1. The van der Waals surface area contributed by atoms with Gasteiger partial charge in [0.1, 0.15) is 10.6 Å². The Morgan fingerprint density at radius 1 is 1.35 bits per heavy atom. The van der Waals surface area contributed by atoms with E-state index < -0.39 is 23.7 Å². The smallest absolute Gasteiger partial charge is 0.408 e. The van der Waals surface area contributed by atoms with E-state index in [0.717, 1.165) is 10.2 Å². The molecule has 7 heteroatoms. The van der Waals surface area contributed by atoms with Gasteiger partial charge in [0, 0.05) is 6.42 Å². The van der Waals surface area contributed by atoms with Gasteiger partial charge in [-0.05, 0) is 39.3 Å². The average Bonchev–Trinajstić information content (AvgIpc) is 2.84. The summed E-state index contributed by atoms with van der Waals surface area (Å²) < 4.78 is 6.24. The third-order valence-corrected chi connectivity index (χ3v) is 4.10. The Hall–Kier alpha value is -2.15. The summed E-state index contributed by atoms with van der Waals surface area (Å²) in [5, 5.41) is 12.3. The third kappa shape index (κ3) is 5.21. The highest BCUT2D eigenvalue weighted by Gasteiger charge is 2.23. The first-order valence-corrected chi connectivity index (χ1v) is 8.13. The van der Waals surface area contributed by atoms with Gasteiger partial charge in [-0.2, -0.15) is 0 Å². The standard InChI is InChI=1S/C16H20N2O4S/c1-16(2,3)22-15(21)18-11(8-9-13(19)20)14-17-10-6-4-5-7-12(10)23-14/h4-7,11H,8-9H2,1-3H3,(H,18,21)(H,19,20)/t11-/m0/s1. The molecule has 2 aromatic rings. The minimum atomic E-state index is -0.915. The van der Waals surface area contributed by atoms with Crippen molar-refractivity contribution in [3.63, 3.8) is 0 Å². The van der Waals surface area contributed by atoms with Crippen molar-refractivity contribution in [2.75, 3.05) is 0 Å². The van der Waals surface area contributed by atoms with Crippen molar-refractivity contribution in [1.82, 2.24) is 10.3 Å². The fourth-order valence-corrected chi connectivity index (χ4v) is 3.07. The van der Waals surface area contributed by atoms with Crippen LogP contribution < -0.4 is 5.32 Å². The summed E-state index contributed by atoms with van der Waals surface area (Å²) in [7, 11) is 0. The van der Waals surface area contributed by atoms with Gasteiger partial charge >= 0.3 is 12.1 Å². The van der Waals surface area contributed by atoms with Crippen LogP contribution in [0.5, 0.6) is 0 Å². The number of alkyl carbamates (subject to hydrolysis) is 1. The number of nitrogens with zero attached hydrogens (tertiary/aromatic N) is 1. The molecule has 23 heavy (non-hydrogen) atoms. The number of aromatic nitrogens is 1. The molecule has 1 aromatic heterocycles. The minimum absolute atomic E-state index is 0.0591. The lowest BCUT2D eigenvalue weighted by Gasteiger charge is -2.22. The van der Waals surface area contributed by atoms with Crippen molar-refractivity contribution in [3.8, 4) is 0 Å². The van der Waals surface area contributed by atoms with Crippen molar-refractivity contribution >= 4 is 33.6 Å². The Morgan fingerprint density at radius 2 is 2.04 bits per heavy atom. The molecule has 0 saturated heterocycles. The molecule has 1 amide bonds. The number of para-hydroxylation sites is 1. The number of thiazole rings is 1. The van der Waals surface area contributed by atoms with Crippen LogP contribution in [-0.4, -0.2) is 27.8 Å². The summed E-state index contributed by atoms with van der Waals surface area (Å²) in [4.78, 5) is 27.4. The van der Waals surface area contributed by atoms with Crippen LogP contribution in [0, 0.1) is 0 Å². The number of carbonyl (C=O) groups is 2. The molecular formula is C16H20N2O4S. The highest BCUT2D eigenvalue weighted by Crippen LogP contribution is 2.29. The Kier molecular flexibility index (Phi) is 5.20. The summed E-state index contributed by atoms with van der Waals surface area (Å²) in [5.74, 6) is -0.915. The highest BCUT2D eigenvalue weighted by molar-refractivity contribution is 7.18. The molecule has 1 aromatic carbocycles. The Balaban J connectivity index is 2.19. The van der Waals surface area contributed by atoms with Gasteiger partial charge in [0.25, 0.3) is 0 Å². The molecule has 0 saturated carbocycles. The molecule has 0 fully saturated rings. The van der Waals surface area contributed by atoms with Crippen molar-refractivity contribution in [2.24, 2.45) is 0 Å². The molecule has 0 aliphatic rings. The topological polar surface area (TPSA) is 88.5 Å². The average molecular weight is 336 g/mol. The first kappa shape index (κ1) is 17.2. The molecule has 2 N–H and O–H groups in total. The molecule has 1 heterocycles. The van der Waals surface area contributed by atoms with E-state index in [1.54, 1.807) is 20.8 Å². The van der Waals surface area contributed by atoms with Gasteiger partial charge in [0.2, 0.25) is 0 Å². The van der Waals surface area contributed by atoms with E-state index in [1.807, 2.05) is 24.3 Å². The van der Waals surface area contributed by atoms with Gasteiger partial charge in [-0.25, -0.2) is 9.78 Å². The van der Waals surface area contributed by atoms with Gasteiger partial charge < -0.3 is 15.2 Å². The number of ether oxygens (including phenoxy) is 1. The van der Waals surface area contributed by atoms with Crippen LogP contribution in [-0.2, 0) is 9.53 Å². The van der Waals surface area contributed by atoms with Gasteiger partial charge in [-0.15, -0.1) is 11.3 Å². The van der Waals surface area contributed by atoms with Gasteiger partial charge in [0.05, 0.1) is 16.3 Å². The first-order chi connectivity index (χ1) is 10.7. The predicted molar refractivity (Wildman–Crippen MR) is 88.6 cm³/mol. The van der Waals surface area contributed by atoms with Gasteiger partial charge in [-0.1, -0.05) is 12.1 Å².